The zero-order chi connectivity index (χ0) is 16.9. The molecule has 2 aromatic carbocycles. The summed E-state index contributed by atoms with van der Waals surface area (Å²) >= 11 is 0. The summed E-state index contributed by atoms with van der Waals surface area (Å²) < 4.78 is 2.52. The van der Waals surface area contributed by atoms with Crippen LogP contribution in [0.2, 0.25) is 0 Å². The van der Waals surface area contributed by atoms with Gasteiger partial charge in [0.15, 0.2) is 0 Å². The van der Waals surface area contributed by atoms with Crippen LogP contribution in [0.25, 0.3) is 21.8 Å². The predicted molar refractivity (Wildman–Crippen MR) is 108 cm³/mol. The van der Waals surface area contributed by atoms with Gasteiger partial charge >= 0.3 is 0 Å². The van der Waals surface area contributed by atoms with Crippen LogP contribution in [-0.2, 0) is 6.54 Å². The zero-order valence-electron chi connectivity index (χ0n) is 15.3. The first kappa shape index (κ1) is 16.7. The molecule has 1 saturated heterocycles. The van der Waals surface area contributed by atoms with Crippen LogP contribution in [0, 0.1) is 0 Å². The van der Waals surface area contributed by atoms with Crippen molar-refractivity contribution in [3.05, 3.63) is 48.5 Å². The molecule has 0 atom stereocenters. The van der Waals surface area contributed by atoms with Crippen molar-refractivity contribution < 1.29 is 0 Å². The smallest absolute Gasteiger partial charge is 0.0491 e. The van der Waals surface area contributed by atoms with E-state index in [1.165, 1.54) is 86.4 Å². The molecule has 0 unspecified atom stereocenters. The van der Waals surface area contributed by atoms with E-state index in [0.29, 0.717) is 0 Å². The van der Waals surface area contributed by atoms with Crippen molar-refractivity contribution in [3.63, 3.8) is 0 Å². The van der Waals surface area contributed by atoms with Gasteiger partial charge in [0, 0.05) is 28.4 Å². The van der Waals surface area contributed by atoms with Crippen molar-refractivity contribution in [1.29, 1.82) is 0 Å². The van der Waals surface area contributed by atoms with Gasteiger partial charge in [-0.3, -0.25) is 0 Å². The third kappa shape index (κ3) is 3.74. The molecular weight excluding hydrogens is 304 g/mol. The van der Waals surface area contributed by atoms with Gasteiger partial charge in [0.1, 0.15) is 0 Å². The average Bonchev–Trinajstić information content (AvgIpc) is 3.00. The van der Waals surface area contributed by atoms with Gasteiger partial charge in [-0.15, -0.1) is 0 Å². The number of benzene rings is 2. The van der Waals surface area contributed by atoms with Gasteiger partial charge in [0.05, 0.1) is 0 Å². The van der Waals surface area contributed by atoms with Crippen LogP contribution in [0.5, 0.6) is 0 Å². The molecule has 0 amide bonds. The van der Waals surface area contributed by atoms with Crippen molar-refractivity contribution in [3.8, 4) is 0 Å². The molecule has 0 radical (unpaired) electrons. The molecule has 3 aromatic rings. The van der Waals surface area contributed by atoms with Gasteiger partial charge in [-0.2, -0.15) is 0 Å². The van der Waals surface area contributed by atoms with E-state index in [9.17, 15) is 0 Å². The lowest BCUT2D eigenvalue weighted by molar-refractivity contribution is 0.224. The van der Waals surface area contributed by atoms with E-state index in [1.54, 1.807) is 0 Å². The van der Waals surface area contributed by atoms with E-state index in [1.807, 2.05) is 0 Å². The quantitative estimate of drug-likeness (QED) is 0.493. The molecule has 0 bridgehead atoms. The van der Waals surface area contributed by atoms with Gasteiger partial charge in [-0.25, -0.2) is 0 Å². The van der Waals surface area contributed by atoms with E-state index in [2.05, 4.69) is 58.0 Å². The van der Waals surface area contributed by atoms with Crippen LogP contribution in [-0.4, -0.2) is 29.1 Å². The Labute approximate surface area is 151 Å². The van der Waals surface area contributed by atoms with Crippen molar-refractivity contribution in [1.82, 2.24) is 9.47 Å². The molecule has 25 heavy (non-hydrogen) atoms. The summed E-state index contributed by atoms with van der Waals surface area (Å²) in [5.74, 6) is 0. The number of rotatable bonds is 7. The minimum absolute atomic E-state index is 1.14. The molecule has 1 aliphatic rings. The van der Waals surface area contributed by atoms with E-state index in [0.717, 1.165) is 6.54 Å². The molecule has 0 aliphatic carbocycles. The number of likely N-dealkylation sites (tertiary alicyclic amines) is 1. The number of unbranched alkanes of at least 4 members (excludes halogenated alkanes) is 3. The lowest BCUT2D eigenvalue weighted by Gasteiger charge is -2.26. The van der Waals surface area contributed by atoms with E-state index in [4.69, 9.17) is 0 Å². The number of hydrogen-bond acceptors (Lipinski definition) is 1. The number of aromatic nitrogens is 1. The third-order valence-corrected chi connectivity index (χ3v) is 5.73. The van der Waals surface area contributed by atoms with Crippen LogP contribution in [0.4, 0.5) is 0 Å². The summed E-state index contributed by atoms with van der Waals surface area (Å²) in [6.45, 7) is 5.12. The summed E-state index contributed by atoms with van der Waals surface area (Å²) in [5.41, 5.74) is 2.77. The molecule has 4 rings (SSSR count). The number of hydrogen-bond donors (Lipinski definition) is 0. The second kappa shape index (κ2) is 8.05. The fourth-order valence-electron chi connectivity index (χ4n) is 4.39. The van der Waals surface area contributed by atoms with Crippen LogP contribution < -0.4 is 0 Å². The average molecular weight is 335 g/mol. The topological polar surface area (TPSA) is 8.17 Å². The minimum atomic E-state index is 1.14. The monoisotopic (exact) mass is 334 g/mol. The molecule has 0 saturated carbocycles. The fraction of sp³-hybridized carbons (Fsp3) is 0.478. The Morgan fingerprint density at radius 3 is 1.80 bits per heavy atom. The molecule has 1 aliphatic heterocycles. The molecular formula is C23H30N2. The van der Waals surface area contributed by atoms with Crippen molar-refractivity contribution in [2.75, 3.05) is 19.6 Å². The van der Waals surface area contributed by atoms with E-state index in [-0.39, 0.29) is 0 Å². The largest absolute Gasteiger partial charge is 0.340 e. The van der Waals surface area contributed by atoms with E-state index >= 15 is 0 Å². The highest BCUT2D eigenvalue weighted by molar-refractivity contribution is 6.07. The van der Waals surface area contributed by atoms with Crippen LogP contribution >= 0.6 is 0 Å². The molecule has 2 nitrogen and oxygen atoms in total. The second-order valence-electron chi connectivity index (χ2n) is 7.50. The van der Waals surface area contributed by atoms with Crippen molar-refractivity contribution in [2.24, 2.45) is 0 Å². The Balaban J connectivity index is 1.33. The molecule has 132 valence electrons. The van der Waals surface area contributed by atoms with Gasteiger partial charge in [-0.05, 0) is 57.5 Å². The van der Waals surface area contributed by atoms with Gasteiger partial charge in [0.2, 0.25) is 0 Å². The van der Waals surface area contributed by atoms with Gasteiger partial charge < -0.3 is 9.47 Å². The Morgan fingerprint density at radius 2 is 1.16 bits per heavy atom. The van der Waals surface area contributed by atoms with E-state index < -0.39 is 0 Å². The Hall–Kier alpha value is -1.80. The Kier molecular flexibility index (Phi) is 5.37. The standard InChI is InChI=1S/C23H30N2/c1(8-16-24-17-9-3-10-18-24)2-11-19-25-22-14-6-4-12-20(22)21-13-5-7-15-23(21)25/h4-7,12-15H,1-3,8-11,16-19H2. The number of aryl methyl sites for hydroxylation is 1. The Morgan fingerprint density at radius 1 is 0.600 bits per heavy atom. The maximum Gasteiger partial charge on any atom is 0.0491 e. The number of para-hydroxylation sites is 2. The molecule has 0 spiro atoms. The van der Waals surface area contributed by atoms with Crippen LogP contribution in [0.1, 0.15) is 44.9 Å². The highest BCUT2D eigenvalue weighted by Crippen LogP contribution is 2.29. The highest BCUT2D eigenvalue weighted by Gasteiger charge is 2.10. The summed E-state index contributed by atoms with van der Waals surface area (Å²) in [6.07, 6.45) is 9.62. The lowest BCUT2D eigenvalue weighted by atomic mass is 10.1. The molecule has 1 aromatic heterocycles. The maximum atomic E-state index is 2.66. The van der Waals surface area contributed by atoms with Crippen molar-refractivity contribution in [2.45, 2.75) is 51.5 Å². The van der Waals surface area contributed by atoms with Crippen LogP contribution in [0.15, 0.2) is 48.5 Å². The summed E-state index contributed by atoms with van der Waals surface area (Å²) in [4.78, 5) is 2.66. The minimum Gasteiger partial charge on any atom is -0.340 e. The lowest BCUT2D eigenvalue weighted by Crippen LogP contribution is -2.30. The first-order chi connectivity index (χ1) is 12.4. The molecule has 2 heteroatoms. The maximum absolute atomic E-state index is 2.66. The third-order valence-electron chi connectivity index (χ3n) is 5.73. The molecule has 0 N–H and O–H groups in total. The second-order valence-corrected chi connectivity index (χ2v) is 7.50. The number of fused-ring (bicyclic) bond motifs is 3. The highest BCUT2D eigenvalue weighted by atomic mass is 15.1. The van der Waals surface area contributed by atoms with Crippen molar-refractivity contribution >= 4 is 21.8 Å². The van der Waals surface area contributed by atoms with Crippen LogP contribution in [0.3, 0.4) is 0 Å². The number of nitrogens with zero attached hydrogens (tertiary/aromatic N) is 2. The summed E-state index contributed by atoms with van der Waals surface area (Å²) in [7, 11) is 0. The normalized spacial score (nSPS) is 16.0. The fourth-order valence-corrected chi connectivity index (χ4v) is 4.39. The first-order valence-electron chi connectivity index (χ1n) is 10.1. The number of piperidine rings is 1. The SMILES string of the molecule is c1ccc2c(c1)c1ccccc1n2CCCCCCN1CCCCC1. The van der Waals surface area contributed by atoms with Gasteiger partial charge in [0.25, 0.3) is 0 Å². The Bertz CT molecular complexity index is 758. The zero-order valence-corrected chi connectivity index (χ0v) is 15.3. The van der Waals surface area contributed by atoms with Gasteiger partial charge in [-0.1, -0.05) is 55.7 Å². The molecule has 1 fully saturated rings. The summed E-state index contributed by atoms with van der Waals surface area (Å²) in [6, 6.07) is 17.7. The first-order valence-corrected chi connectivity index (χ1v) is 10.1. The molecule has 2 heterocycles. The summed E-state index contributed by atoms with van der Waals surface area (Å²) in [5, 5.41) is 2.78. The predicted octanol–water partition coefficient (Wildman–Crippen LogP) is 5.84.